The van der Waals surface area contributed by atoms with Crippen LogP contribution in [0, 0.1) is 10.1 Å². The van der Waals surface area contributed by atoms with Crippen LogP contribution in [0.4, 0.5) is 0 Å². The number of hydrogen-bond donors (Lipinski definition) is 1. The first-order valence-corrected chi connectivity index (χ1v) is 10.7. The highest BCUT2D eigenvalue weighted by atomic mass is 32.2. The van der Waals surface area contributed by atoms with Gasteiger partial charge in [0.25, 0.3) is 5.09 Å². The van der Waals surface area contributed by atoms with Crippen LogP contribution >= 0.6 is 11.8 Å². The molecule has 0 saturated heterocycles. The van der Waals surface area contributed by atoms with Crippen molar-refractivity contribution < 1.29 is 10.3 Å². The number of aromatic nitrogens is 2. The number of rotatable bonds is 7. The maximum Gasteiger partial charge on any atom is 0.291 e. The van der Waals surface area contributed by atoms with Crippen LogP contribution in [0.15, 0.2) is 78.2 Å². The summed E-state index contributed by atoms with van der Waals surface area (Å²) >= 11 is 1.97. The van der Waals surface area contributed by atoms with Crippen molar-refractivity contribution in [2.24, 2.45) is 0 Å². The van der Waals surface area contributed by atoms with Gasteiger partial charge in [-0.1, -0.05) is 63.2 Å². The molecule has 0 aliphatic carbocycles. The molecule has 7 heteroatoms. The molecule has 0 fully saturated rings. The third-order valence-electron chi connectivity index (χ3n) is 4.61. The Morgan fingerprint density at radius 3 is 2.30 bits per heavy atom. The van der Waals surface area contributed by atoms with E-state index < -0.39 is 5.09 Å². The zero-order valence-electron chi connectivity index (χ0n) is 17.6. The minimum absolute atomic E-state index is 0.196. The number of thioether (sulfide) groups is 1. The van der Waals surface area contributed by atoms with Gasteiger partial charge in [0.1, 0.15) is 0 Å². The lowest BCUT2D eigenvalue weighted by atomic mass is 9.86. The highest BCUT2D eigenvalue weighted by Gasteiger charge is 2.17. The van der Waals surface area contributed by atoms with E-state index in [4.69, 9.17) is 15.3 Å². The molecule has 1 aromatic heterocycles. The van der Waals surface area contributed by atoms with E-state index in [1.807, 2.05) is 30.5 Å². The minimum Gasteiger partial charge on any atom is -0.337 e. The van der Waals surface area contributed by atoms with E-state index in [9.17, 15) is 0 Å². The smallest absolute Gasteiger partial charge is 0.291 e. The normalized spacial score (nSPS) is 12.0. The Kier molecular flexibility index (Phi) is 8.92. The van der Waals surface area contributed by atoms with E-state index >= 15 is 0 Å². The summed E-state index contributed by atoms with van der Waals surface area (Å²) in [5.74, 6) is 0. The lowest BCUT2D eigenvalue weighted by Crippen LogP contribution is -2.11. The molecular formula is C23H29N3O3S. The summed E-state index contributed by atoms with van der Waals surface area (Å²) in [5, 5.41) is 14.1. The van der Waals surface area contributed by atoms with E-state index in [2.05, 4.69) is 84.9 Å². The van der Waals surface area contributed by atoms with E-state index in [1.54, 1.807) is 0 Å². The van der Waals surface area contributed by atoms with E-state index in [0.29, 0.717) is 5.25 Å². The van der Waals surface area contributed by atoms with Crippen molar-refractivity contribution in [3.8, 4) is 0 Å². The molecule has 1 unspecified atom stereocenters. The molecule has 3 rings (SSSR count). The third-order valence-corrected chi connectivity index (χ3v) is 5.95. The van der Waals surface area contributed by atoms with Gasteiger partial charge in [-0.2, -0.15) is 0 Å². The van der Waals surface area contributed by atoms with Gasteiger partial charge < -0.3 is 9.77 Å². The molecule has 1 heterocycles. The molecule has 30 heavy (non-hydrogen) atoms. The zero-order chi connectivity index (χ0) is 22.0. The lowest BCUT2D eigenvalue weighted by molar-refractivity contribution is -0.742. The fourth-order valence-electron chi connectivity index (χ4n) is 3.03. The van der Waals surface area contributed by atoms with Gasteiger partial charge in [-0.05, 0) is 41.5 Å². The molecule has 0 saturated carbocycles. The molecule has 0 aliphatic rings. The third kappa shape index (κ3) is 8.29. The molecule has 160 valence electrons. The summed E-state index contributed by atoms with van der Waals surface area (Å²) < 4.78 is 2.16. The molecule has 2 aromatic carbocycles. The Hall–Kier alpha value is -2.80. The van der Waals surface area contributed by atoms with E-state index in [0.717, 1.165) is 19.4 Å². The number of imidazole rings is 1. The largest absolute Gasteiger partial charge is 0.337 e. The first-order valence-electron chi connectivity index (χ1n) is 9.87. The SMILES string of the molecule is CC(C)(C)c1ccc(C(CCCn2ccnc2)Sc2ccccc2)cc1.O=[N+]([O-])O. The van der Waals surface area contributed by atoms with Crippen molar-refractivity contribution in [1.82, 2.24) is 9.55 Å². The average molecular weight is 428 g/mol. The highest BCUT2D eigenvalue weighted by molar-refractivity contribution is 7.99. The van der Waals surface area contributed by atoms with Gasteiger partial charge in [0, 0.05) is 29.1 Å². The molecular weight excluding hydrogens is 398 g/mol. The maximum atomic E-state index is 8.36. The molecule has 0 radical (unpaired) electrons. The number of aryl methyl sites for hydroxylation is 1. The van der Waals surface area contributed by atoms with Gasteiger partial charge in [-0.3, -0.25) is 0 Å². The minimum atomic E-state index is -1.50. The lowest BCUT2D eigenvalue weighted by Gasteiger charge is -2.22. The monoisotopic (exact) mass is 427 g/mol. The standard InChI is InChI=1S/C23H28N2S.HNO3/c1-23(2,3)20-13-11-19(12-14-20)22(26-21-8-5-4-6-9-21)10-7-16-25-17-15-24-18-25;2-1(3)4/h4-6,8-9,11-15,17-18,22H,7,10,16H2,1-3H3;(H,2,3,4). The van der Waals surface area contributed by atoms with Crippen molar-refractivity contribution in [3.63, 3.8) is 0 Å². The summed E-state index contributed by atoms with van der Waals surface area (Å²) in [6.07, 6.45) is 8.07. The molecule has 0 bridgehead atoms. The van der Waals surface area contributed by atoms with Gasteiger partial charge in [-0.15, -0.1) is 21.9 Å². The first-order chi connectivity index (χ1) is 14.3. The Morgan fingerprint density at radius 1 is 1.13 bits per heavy atom. The Balaban J connectivity index is 0.000000735. The van der Waals surface area contributed by atoms with Crippen LogP contribution in [0.5, 0.6) is 0 Å². The van der Waals surface area contributed by atoms with Crippen LogP contribution in [0.3, 0.4) is 0 Å². The molecule has 0 aliphatic heterocycles. The van der Waals surface area contributed by atoms with Gasteiger partial charge in [-0.25, -0.2) is 4.98 Å². The molecule has 0 spiro atoms. The zero-order valence-corrected chi connectivity index (χ0v) is 18.5. The summed E-state index contributed by atoms with van der Waals surface area (Å²) in [7, 11) is 0. The van der Waals surface area contributed by atoms with E-state index in [1.165, 1.54) is 16.0 Å². The molecule has 3 aromatic rings. The summed E-state index contributed by atoms with van der Waals surface area (Å²) in [6.45, 7) is 7.82. The van der Waals surface area contributed by atoms with Gasteiger partial charge >= 0.3 is 0 Å². The average Bonchev–Trinajstić information content (AvgIpc) is 3.21. The number of nitrogens with zero attached hydrogens (tertiary/aromatic N) is 3. The van der Waals surface area contributed by atoms with E-state index in [-0.39, 0.29) is 5.41 Å². The second-order valence-electron chi connectivity index (χ2n) is 7.97. The maximum absolute atomic E-state index is 8.36. The van der Waals surface area contributed by atoms with Crippen molar-refractivity contribution >= 4 is 11.8 Å². The van der Waals surface area contributed by atoms with Gasteiger partial charge in [0.2, 0.25) is 0 Å². The fraction of sp³-hybridized carbons (Fsp3) is 0.348. The predicted octanol–water partition coefficient (Wildman–Crippen LogP) is 6.15. The van der Waals surface area contributed by atoms with Crippen LogP contribution in [-0.2, 0) is 12.0 Å². The van der Waals surface area contributed by atoms with Crippen LogP contribution in [0.1, 0.15) is 50.0 Å². The second kappa shape index (κ2) is 11.4. The summed E-state index contributed by atoms with van der Waals surface area (Å²) in [4.78, 5) is 13.8. The molecule has 1 N–H and O–H groups in total. The van der Waals surface area contributed by atoms with Crippen LogP contribution in [0.25, 0.3) is 0 Å². The predicted molar refractivity (Wildman–Crippen MR) is 120 cm³/mol. The Bertz CT molecular complexity index is 872. The summed E-state index contributed by atoms with van der Waals surface area (Å²) in [5.41, 5.74) is 3.00. The van der Waals surface area contributed by atoms with Crippen molar-refractivity contribution in [2.45, 2.75) is 55.7 Å². The highest BCUT2D eigenvalue weighted by Crippen LogP contribution is 2.39. The van der Waals surface area contributed by atoms with Gasteiger partial charge in [0.05, 0.1) is 6.33 Å². The van der Waals surface area contributed by atoms with Crippen LogP contribution in [0.2, 0.25) is 0 Å². The van der Waals surface area contributed by atoms with Gasteiger partial charge in [0.15, 0.2) is 0 Å². The van der Waals surface area contributed by atoms with Crippen molar-refractivity contribution in [1.29, 1.82) is 0 Å². The van der Waals surface area contributed by atoms with Crippen LogP contribution in [-0.4, -0.2) is 19.8 Å². The number of hydrogen-bond acceptors (Lipinski definition) is 4. The fourth-order valence-corrected chi connectivity index (χ4v) is 4.25. The van der Waals surface area contributed by atoms with Crippen LogP contribution < -0.4 is 0 Å². The summed E-state index contributed by atoms with van der Waals surface area (Å²) in [6, 6.07) is 20.0. The second-order valence-corrected chi connectivity index (χ2v) is 9.25. The number of benzene rings is 2. The molecule has 1 atom stereocenters. The Morgan fingerprint density at radius 2 is 1.77 bits per heavy atom. The van der Waals surface area contributed by atoms with Crippen molar-refractivity contribution in [3.05, 3.63) is 94.6 Å². The topological polar surface area (TPSA) is 81.2 Å². The quantitative estimate of drug-likeness (QED) is 0.278. The Labute approximate surface area is 182 Å². The molecule has 6 nitrogen and oxygen atoms in total. The molecule has 0 amide bonds. The first kappa shape index (κ1) is 23.5. The van der Waals surface area contributed by atoms with Crippen molar-refractivity contribution in [2.75, 3.05) is 0 Å².